The van der Waals surface area contributed by atoms with E-state index in [2.05, 4.69) is 16.0 Å². The largest absolute Gasteiger partial charge is 0.369 e. The SMILES string of the molecule is NC(=O)C1(C(c2ccc3ccc(-c4ccccc4)nc3c2)c2nccnc2Cl)CCC1. The van der Waals surface area contributed by atoms with E-state index in [1.165, 1.54) is 0 Å². The quantitative estimate of drug-likeness (QED) is 0.477. The van der Waals surface area contributed by atoms with Crippen molar-refractivity contribution in [1.29, 1.82) is 0 Å². The number of hydrogen-bond acceptors (Lipinski definition) is 4. The predicted octanol–water partition coefficient (Wildman–Crippen LogP) is 5.13. The number of pyridine rings is 1. The normalized spacial score (nSPS) is 15.9. The zero-order valence-corrected chi connectivity index (χ0v) is 17.6. The van der Waals surface area contributed by atoms with E-state index in [0.717, 1.165) is 34.1 Å². The highest BCUT2D eigenvalue weighted by atomic mass is 35.5. The molecule has 4 aromatic rings. The Bertz CT molecular complexity index is 1270. The molecule has 1 amide bonds. The topological polar surface area (TPSA) is 81.8 Å². The first-order chi connectivity index (χ1) is 15.1. The van der Waals surface area contributed by atoms with Gasteiger partial charge < -0.3 is 5.73 Å². The zero-order valence-electron chi connectivity index (χ0n) is 16.8. The number of fused-ring (bicyclic) bond motifs is 1. The fraction of sp³-hybridized carbons (Fsp3) is 0.200. The van der Waals surface area contributed by atoms with E-state index in [4.69, 9.17) is 22.3 Å². The Morgan fingerprint density at radius 3 is 2.42 bits per heavy atom. The van der Waals surface area contributed by atoms with E-state index in [1.807, 2.05) is 54.6 Å². The third-order valence-corrected chi connectivity index (χ3v) is 6.65. The highest BCUT2D eigenvalue weighted by molar-refractivity contribution is 6.30. The second kappa shape index (κ2) is 7.75. The average Bonchev–Trinajstić information content (AvgIpc) is 2.76. The van der Waals surface area contributed by atoms with Gasteiger partial charge in [-0.2, -0.15) is 0 Å². The summed E-state index contributed by atoms with van der Waals surface area (Å²) in [7, 11) is 0. The van der Waals surface area contributed by atoms with Crippen LogP contribution in [0, 0.1) is 5.41 Å². The smallest absolute Gasteiger partial charge is 0.224 e. The van der Waals surface area contributed by atoms with Crippen molar-refractivity contribution in [2.75, 3.05) is 0 Å². The summed E-state index contributed by atoms with van der Waals surface area (Å²) >= 11 is 6.44. The number of carbonyl (C=O) groups excluding carboxylic acids is 1. The van der Waals surface area contributed by atoms with Gasteiger partial charge in [-0.3, -0.25) is 9.78 Å². The number of nitrogens with two attached hydrogens (primary N) is 1. The van der Waals surface area contributed by atoms with Crippen LogP contribution in [0.25, 0.3) is 22.2 Å². The molecular weight excluding hydrogens is 408 g/mol. The third kappa shape index (κ3) is 3.35. The maximum atomic E-state index is 12.6. The molecule has 5 nitrogen and oxygen atoms in total. The highest BCUT2D eigenvalue weighted by Crippen LogP contribution is 2.54. The predicted molar refractivity (Wildman–Crippen MR) is 122 cm³/mol. The molecule has 6 heteroatoms. The van der Waals surface area contributed by atoms with Crippen LogP contribution in [0.15, 0.2) is 73.1 Å². The van der Waals surface area contributed by atoms with Gasteiger partial charge in [0, 0.05) is 29.3 Å². The first-order valence-corrected chi connectivity index (χ1v) is 10.7. The summed E-state index contributed by atoms with van der Waals surface area (Å²) < 4.78 is 0. The number of aromatic nitrogens is 3. The van der Waals surface area contributed by atoms with Gasteiger partial charge in [-0.1, -0.05) is 66.6 Å². The Morgan fingerprint density at radius 2 is 1.74 bits per heavy atom. The molecule has 1 atom stereocenters. The average molecular weight is 429 g/mol. The molecule has 0 radical (unpaired) electrons. The standard InChI is InChI=1S/C25H21ClN4O/c26-23-22(28-13-14-29-23)21(25(24(27)31)11-4-12-25)18-8-7-17-9-10-19(30-20(17)15-18)16-5-2-1-3-6-16/h1-3,5-10,13-15,21H,4,11-12H2,(H2,27,31). The molecule has 2 N–H and O–H groups in total. The minimum absolute atomic E-state index is 0.297. The minimum atomic E-state index is -0.718. The number of hydrogen-bond donors (Lipinski definition) is 1. The van der Waals surface area contributed by atoms with E-state index in [0.29, 0.717) is 23.7 Å². The van der Waals surface area contributed by atoms with Crippen molar-refractivity contribution in [3.05, 3.63) is 89.5 Å². The van der Waals surface area contributed by atoms with Crippen LogP contribution in [0.5, 0.6) is 0 Å². The summed E-state index contributed by atoms with van der Waals surface area (Å²) in [6.45, 7) is 0. The van der Waals surface area contributed by atoms with Crippen LogP contribution in [0.3, 0.4) is 0 Å². The molecule has 2 aromatic heterocycles. The number of nitrogens with zero attached hydrogens (tertiary/aromatic N) is 3. The second-order valence-corrected chi connectivity index (χ2v) is 8.41. The molecule has 1 saturated carbocycles. The van der Waals surface area contributed by atoms with Gasteiger partial charge in [0.15, 0.2) is 5.15 Å². The molecule has 31 heavy (non-hydrogen) atoms. The summed E-state index contributed by atoms with van der Waals surface area (Å²) in [4.78, 5) is 26.2. The summed E-state index contributed by atoms with van der Waals surface area (Å²) in [6, 6.07) is 20.2. The Balaban J connectivity index is 1.68. The van der Waals surface area contributed by atoms with Gasteiger partial charge in [0.1, 0.15) is 0 Å². The van der Waals surface area contributed by atoms with Crippen molar-refractivity contribution in [2.24, 2.45) is 11.1 Å². The molecule has 1 aliphatic rings. The number of rotatable bonds is 5. The van der Waals surface area contributed by atoms with Crippen LogP contribution < -0.4 is 5.73 Å². The number of halogens is 1. The van der Waals surface area contributed by atoms with Crippen molar-refractivity contribution >= 4 is 28.4 Å². The lowest BCUT2D eigenvalue weighted by Gasteiger charge is -2.45. The molecule has 0 bridgehead atoms. The molecule has 154 valence electrons. The first-order valence-electron chi connectivity index (χ1n) is 10.3. The van der Waals surface area contributed by atoms with Crippen LogP contribution in [-0.4, -0.2) is 20.9 Å². The maximum absolute atomic E-state index is 12.6. The van der Waals surface area contributed by atoms with Crippen molar-refractivity contribution in [3.8, 4) is 11.3 Å². The van der Waals surface area contributed by atoms with Crippen molar-refractivity contribution in [1.82, 2.24) is 15.0 Å². The molecule has 5 rings (SSSR count). The molecule has 0 spiro atoms. The van der Waals surface area contributed by atoms with Gasteiger partial charge in [-0.15, -0.1) is 0 Å². The van der Waals surface area contributed by atoms with E-state index in [-0.39, 0.29) is 11.8 Å². The molecule has 0 aliphatic heterocycles. The fourth-order valence-electron chi connectivity index (χ4n) is 4.58. The van der Waals surface area contributed by atoms with Crippen LogP contribution in [0.4, 0.5) is 0 Å². The Kier molecular flexibility index (Phi) is 4.91. The van der Waals surface area contributed by atoms with Gasteiger partial charge in [0.2, 0.25) is 5.91 Å². The van der Waals surface area contributed by atoms with Crippen molar-refractivity contribution < 1.29 is 4.79 Å². The van der Waals surface area contributed by atoms with Crippen LogP contribution in [0.2, 0.25) is 5.15 Å². The van der Waals surface area contributed by atoms with Crippen molar-refractivity contribution in [2.45, 2.75) is 25.2 Å². The minimum Gasteiger partial charge on any atom is -0.369 e. The summed E-state index contributed by atoms with van der Waals surface area (Å²) in [6.07, 6.45) is 5.51. The molecule has 2 heterocycles. The first kappa shape index (κ1) is 19.6. The molecule has 1 fully saturated rings. The lowest BCUT2D eigenvalue weighted by molar-refractivity contribution is -0.133. The molecule has 0 saturated heterocycles. The maximum Gasteiger partial charge on any atom is 0.224 e. The summed E-state index contributed by atoms with van der Waals surface area (Å²) in [5.74, 6) is -0.692. The lowest BCUT2D eigenvalue weighted by Crippen LogP contribution is -2.48. The highest BCUT2D eigenvalue weighted by Gasteiger charge is 2.51. The fourth-order valence-corrected chi connectivity index (χ4v) is 4.80. The summed E-state index contributed by atoms with van der Waals surface area (Å²) in [5, 5.41) is 1.32. The van der Waals surface area contributed by atoms with Gasteiger partial charge in [0.25, 0.3) is 0 Å². The summed E-state index contributed by atoms with van der Waals surface area (Å²) in [5.41, 5.74) is 9.51. The van der Waals surface area contributed by atoms with Crippen molar-refractivity contribution in [3.63, 3.8) is 0 Å². The lowest BCUT2D eigenvalue weighted by atomic mass is 9.58. The Hall–Kier alpha value is -3.31. The van der Waals surface area contributed by atoms with E-state index >= 15 is 0 Å². The number of amides is 1. The number of primary amides is 1. The van der Waals surface area contributed by atoms with E-state index in [1.54, 1.807) is 12.4 Å². The second-order valence-electron chi connectivity index (χ2n) is 8.05. The van der Waals surface area contributed by atoms with Gasteiger partial charge >= 0.3 is 0 Å². The molecule has 1 unspecified atom stereocenters. The van der Waals surface area contributed by atoms with Gasteiger partial charge in [-0.25, -0.2) is 9.97 Å². The monoisotopic (exact) mass is 428 g/mol. The van der Waals surface area contributed by atoms with Crippen LogP contribution in [0.1, 0.15) is 36.4 Å². The Morgan fingerprint density at radius 1 is 1.00 bits per heavy atom. The molecule has 2 aromatic carbocycles. The number of benzene rings is 2. The number of carbonyl (C=O) groups is 1. The molecule has 1 aliphatic carbocycles. The van der Waals surface area contributed by atoms with Gasteiger partial charge in [-0.05, 0) is 30.5 Å². The van der Waals surface area contributed by atoms with Crippen LogP contribution in [-0.2, 0) is 4.79 Å². The van der Waals surface area contributed by atoms with E-state index < -0.39 is 5.41 Å². The third-order valence-electron chi connectivity index (χ3n) is 6.36. The zero-order chi connectivity index (χ0) is 21.4. The van der Waals surface area contributed by atoms with Crippen LogP contribution >= 0.6 is 11.6 Å². The van der Waals surface area contributed by atoms with E-state index in [9.17, 15) is 4.79 Å². The Labute approximate surface area is 185 Å². The van der Waals surface area contributed by atoms with Gasteiger partial charge in [0.05, 0.1) is 22.3 Å². The molecular formula is C25H21ClN4O.